The van der Waals surface area contributed by atoms with Gasteiger partial charge >= 0.3 is 0 Å². The molecule has 5 nitrogen and oxygen atoms in total. The van der Waals surface area contributed by atoms with E-state index in [1.165, 1.54) is 11.8 Å². The highest BCUT2D eigenvalue weighted by atomic mass is 16.1. The number of benzene rings is 1. The summed E-state index contributed by atoms with van der Waals surface area (Å²) in [6.45, 7) is 7.79. The first-order valence-corrected chi connectivity index (χ1v) is 8.16. The predicted molar refractivity (Wildman–Crippen MR) is 97.1 cm³/mol. The minimum atomic E-state index is -0.170. The number of anilines is 2. The molecule has 1 aromatic heterocycles. The van der Waals surface area contributed by atoms with Crippen molar-refractivity contribution < 1.29 is 4.79 Å². The fourth-order valence-electron chi connectivity index (χ4n) is 2.80. The van der Waals surface area contributed by atoms with E-state index in [4.69, 9.17) is 0 Å². The summed E-state index contributed by atoms with van der Waals surface area (Å²) in [5.74, 6) is 0.817. The summed E-state index contributed by atoms with van der Waals surface area (Å²) in [5.41, 5.74) is 2.26. The molecule has 1 aromatic carbocycles. The molecule has 5 heteroatoms. The number of para-hydroxylation sites is 1. The predicted octanol–water partition coefficient (Wildman–Crippen LogP) is 2.21. The van der Waals surface area contributed by atoms with E-state index >= 15 is 0 Å². The van der Waals surface area contributed by atoms with Gasteiger partial charge < -0.3 is 15.1 Å². The Bertz CT molecular complexity index is 676. The van der Waals surface area contributed by atoms with Crippen molar-refractivity contribution in [3.8, 4) is 0 Å². The molecule has 124 valence electrons. The number of hydrogen-bond donors (Lipinski definition) is 1. The van der Waals surface area contributed by atoms with Crippen LogP contribution in [0.25, 0.3) is 0 Å². The highest BCUT2D eigenvalue weighted by molar-refractivity contribution is 5.86. The van der Waals surface area contributed by atoms with Crippen LogP contribution < -0.4 is 15.1 Å². The van der Waals surface area contributed by atoms with Gasteiger partial charge in [-0.25, -0.2) is 4.98 Å². The van der Waals surface area contributed by atoms with Crippen molar-refractivity contribution in [2.45, 2.75) is 6.54 Å². The van der Waals surface area contributed by atoms with Crippen LogP contribution in [0, 0.1) is 0 Å². The molecule has 0 radical (unpaired) electrons. The third-order valence-electron chi connectivity index (χ3n) is 4.19. The topological polar surface area (TPSA) is 48.5 Å². The summed E-state index contributed by atoms with van der Waals surface area (Å²) in [4.78, 5) is 20.4. The van der Waals surface area contributed by atoms with E-state index in [2.05, 4.69) is 50.9 Å². The lowest BCUT2D eigenvalue weighted by Crippen LogP contribution is -2.46. The van der Waals surface area contributed by atoms with Gasteiger partial charge in [0.05, 0.1) is 0 Å². The maximum atomic E-state index is 11.2. The Morgan fingerprint density at radius 1 is 1.08 bits per heavy atom. The largest absolute Gasteiger partial charge is 0.368 e. The summed E-state index contributed by atoms with van der Waals surface area (Å²) in [6, 6.07) is 14.5. The number of rotatable bonds is 5. The van der Waals surface area contributed by atoms with Crippen LogP contribution >= 0.6 is 0 Å². The SMILES string of the molecule is C=CC(=O)NCc1ccc(N2CCN(c3ccccc3)CC2)nc1. The van der Waals surface area contributed by atoms with E-state index in [9.17, 15) is 4.79 Å². The van der Waals surface area contributed by atoms with E-state index in [-0.39, 0.29) is 5.91 Å². The van der Waals surface area contributed by atoms with Gasteiger partial charge in [0, 0.05) is 44.6 Å². The van der Waals surface area contributed by atoms with Crippen LogP contribution in [0.2, 0.25) is 0 Å². The zero-order valence-corrected chi connectivity index (χ0v) is 13.7. The van der Waals surface area contributed by atoms with E-state index in [1.54, 1.807) is 0 Å². The lowest BCUT2D eigenvalue weighted by atomic mass is 10.2. The molecule has 0 unspecified atom stereocenters. The minimum Gasteiger partial charge on any atom is -0.368 e. The van der Waals surface area contributed by atoms with Crippen molar-refractivity contribution in [1.29, 1.82) is 0 Å². The third kappa shape index (κ3) is 3.93. The Labute approximate surface area is 142 Å². The number of pyridine rings is 1. The van der Waals surface area contributed by atoms with Crippen molar-refractivity contribution in [2.24, 2.45) is 0 Å². The third-order valence-corrected chi connectivity index (χ3v) is 4.19. The molecule has 0 aliphatic carbocycles. The first-order valence-electron chi connectivity index (χ1n) is 8.16. The molecule has 1 amide bonds. The smallest absolute Gasteiger partial charge is 0.243 e. The Kier molecular flexibility index (Phi) is 5.11. The Morgan fingerprint density at radius 2 is 1.79 bits per heavy atom. The molecule has 0 bridgehead atoms. The van der Waals surface area contributed by atoms with Crippen LogP contribution in [-0.2, 0) is 11.3 Å². The van der Waals surface area contributed by atoms with Gasteiger partial charge in [0.15, 0.2) is 0 Å². The van der Waals surface area contributed by atoms with Crippen molar-refractivity contribution >= 4 is 17.4 Å². The molecule has 0 atom stereocenters. The average molecular weight is 322 g/mol. The molecular formula is C19H22N4O. The summed E-state index contributed by atoms with van der Waals surface area (Å²) in [7, 11) is 0. The molecule has 1 aliphatic rings. The first-order chi connectivity index (χ1) is 11.8. The average Bonchev–Trinajstić information content (AvgIpc) is 2.67. The molecule has 1 fully saturated rings. The Balaban J connectivity index is 1.54. The van der Waals surface area contributed by atoms with Gasteiger partial charge in [-0.2, -0.15) is 0 Å². The molecule has 2 heterocycles. The van der Waals surface area contributed by atoms with Gasteiger partial charge in [0.25, 0.3) is 0 Å². The van der Waals surface area contributed by atoms with Gasteiger partial charge in [-0.3, -0.25) is 4.79 Å². The maximum absolute atomic E-state index is 11.2. The monoisotopic (exact) mass is 322 g/mol. The molecule has 3 rings (SSSR count). The van der Waals surface area contributed by atoms with Gasteiger partial charge in [0.2, 0.25) is 5.91 Å². The van der Waals surface area contributed by atoms with E-state index < -0.39 is 0 Å². The molecule has 2 aromatic rings. The lowest BCUT2D eigenvalue weighted by Gasteiger charge is -2.36. The van der Waals surface area contributed by atoms with E-state index in [0.29, 0.717) is 6.54 Å². The number of nitrogens with one attached hydrogen (secondary N) is 1. The van der Waals surface area contributed by atoms with Crippen LogP contribution in [-0.4, -0.2) is 37.1 Å². The van der Waals surface area contributed by atoms with Crippen molar-refractivity contribution in [2.75, 3.05) is 36.0 Å². The highest BCUT2D eigenvalue weighted by Gasteiger charge is 2.18. The standard InChI is InChI=1S/C19H22N4O/c1-2-19(24)21-15-16-8-9-18(20-14-16)23-12-10-22(11-13-23)17-6-4-3-5-7-17/h2-9,14H,1,10-13,15H2,(H,21,24). The molecule has 1 aliphatic heterocycles. The lowest BCUT2D eigenvalue weighted by molar-refractivity contribution is -0.116. The van der Waals surface area contributed by atoms with Gasteiger partial charge in [-0.15, -0.1) is 0 Å². The molecule has 0 saturated carbocycles. The minimum absolute atomic E-state index is 0.170. The zero-order chi connectivity index (χ0) is 16.8. The summed E-state index contributed by atoms with van der Waals surface area (Å²) in [5, 5.41) is 2.75. The summed E-state index contributed by atoms with van der Waals surface area (Å²) >= 11 is 0. The van der Waals surface area contributed by atoms with Gasteiger partial charge in [-0.05, 0) is 29.8 Å². The molecule has 1 saturated heterocycles. The number of carbonyl (C=O) groups excluding carboxylic acids is 1. The van der Waals surface area contributed by atoms with Crippen molar-refractivity contribution in [3.63, 3.8) is 0 Å². The second-order valence-electron chi connectivity index (χ2n) is 5.76. The number of hydrogen-bond acceptors (Lipinski definition) is 4. The van der Waals surface area contributed by atoms with Crippen LogP contribution in [0.3, 0.4) is 0 Å². The van der Waals surface area contributed by atoms with Crippen LogP contribution in [0.1, 0.15) is 5.56 Å². The fraction of sp³-hybridized carbons (Fsp3) is 0.263. The Morgan fingerprint density at radius 3 is 2.42 bits per heavy atom. The van der Waals surface area contributed by atoms with Crippen LogP contribution in [0.5, 0.6) is 0 Å². The quantitative estimate of drug-likeness (QED) is 0.858. The van der Waals surface area contributed by atoms with E-state index in [1.807, 2.05) is 24.4 Å². The van der Waals surface area contributed by atoms with Crippen LogP contribution in [0.4, 0.5) is 11.5 Å². The molecule has 1 N–H and O–H groups in total. The van der Waals surface area contributed by atoms with Crippen molar-refractivity contribution in [1.82, 2.24) is 10.3 Å². The zero-order valence-electron chi connectivity index (χ0n) is 13.7. The van der Waals surface area contributed by atoms with Gasteiger partial charge in [0.1, 0.15) is 5.82 Å². The summed E-state index contributed by atoms with van der Waals surface area (Å²) < 4.78 is 0. The number of aromatic nitrogens is 1. The van der Waals surface area contributed by atoms with Crippen molar-refractivity contribution in [3.05, 3.63) is 66.9 Å². The number of piperazine rings is 1. The number of carbonyl (C=O) groups is 1. The summed E-state index contributed by atoms with van der Waals surface area (Å²) in [6.07, 6.45) is 3.09. The first kappa shape index (κ1) is 16.1. The Hall–Kier alpha value is -2.82. The number of nitrogens with zero attached hydrogens (tertiary/aromatic N) is 3. The fourth-order valence-corrected chi connectivity index (χ4v) is 2.80. The van der Waals surface area contributed by atoms with Crippen LogP contribution in [0.15, 0.2) is 61.3 Å². The second kappa shape index (κ2) is 7.64. The van der Waals surface area contributed by atoms with E-state index in [0.717, 1.165) is 37.6 Å². The molecule has 0 spiro atoms. The second-order valence-corrected chi connectivity index (χ2v) is 5.76. The molecule has 24 heavy (non-hydrogen) atoms. The van der Waals surface area contributed by atoms with Gasteiger partial charge in [-0.1, -0.05) is 30.8 Å². The normalized spacial score (nSPS) is 14.3. The highest BCUT2D eigenvalue weighted by Crippen LogP contribution is 2.19. The maximum Gasteiger partial charge on any atom is 0.243 e. The molecular weight excluding hydrogens is 300 g/mol. The number of amides is 1.